The molecule has 11 aromatic rings. The third-order valence-electron chi connectivity index (χ3n) is 11.5. The zero-order valence-electron chi connectivity index (χ0n) is 29.1. The first-order valence-corrected chi connectivity index (χ1v) is 18.1. The van der Waals surface area contributed by atoms with E-state index in [1.165, 1.54) is 109 Å². The fraction of sp³-hybridized carbons (Fsp3) is 0.0400. The van der Waals surface area contributed by atoms with E-state index in [-0.39, 0.29) is 0 Å². The van der Waals surface area contributed by atoms with Gasteiger partial charge in [-0.25, -0.2) is 0 Å². The minimum absolute atomic E-state index is 1.22. The maximum atomic E-state index is 2.43. The Labute approximate surface area is 301 Å². The largest absolute Gasteiger partial charge is 0.342 e. The molecule has 0 unspecified atom stereocenters. The molecule has 11 rings (SSSR count). The topological polar surface area (TPSA) is 9.86 Å². The lowest BCUT2D eigenvalue weighted by atomic mass is 9.95. The molecule has 0 atom stereocenters. The van der Waals surface area contributed by atoms with E-state index < -0.39 is 0 Å². The van der Waals surface area contributed by atoms with E-state index in [0.29, 0.717) is 0 Å². The average Bonchev–Trinajstić information content (AvgIpc) is 3.67. The molecule has 52 heavy (non-hydrogen) atoms. The van der Waals surface area contributed by atoms with Crippen LogP contribution in [0.5, 0.6) is 0 Å². The fourth-order valence-electron chi connectivity index (χ4n) is 9.04. The zero-order valence-corrected chi connectivity index (χ0v) is 29.1. The molecule has 2 heterocycles. The Morgan fingerprint density at radius 3 is 1.27 bits per heavy atom. The van der Waals surface area contributed by atoms with E-state index in [4.69, 9.17) is 0 Å². The highest BCUT2D eigenvalue weighted by Gasteiger charge is 2.22. The predicted octanol–water partition coefficient (Wildman–Crippen LogP) is 13.4. The van der Waals surface area contributed by atoms with Crippen molar-refractivity contribution in [2.24, 2.45) is 14.1 Å². The second-order valence-electron chi connectivity index (χ2n) is 14.2. The molecule has 0 fully saturated rings. The number of nitrogens with zero attached hydrogens (tertiary/aromatic N) is 2. The summed E-state index contributed by atoms with van der Waals surface area (Å²) in [4.78, 5) is 0. The van der Waals surface area contributed by atoms with E-state index in [9.17, 15) is 0 Å². The minimum Gasteiger partial charge on any atom is -0.342 e. The monoisotopic (exact) mass is 662 g/mol. The first-order valence-electron chi connectivity index (χ1n) is 18.1. The molecular weight excluding hydrogens is 629 g/mol. The van der Waals surface area contributed by atoms with E-state index in [1.807, 2.05) is 0 Å². The summed E-state index contributed by atoms with van der Waals surface area (Å²) in [5.41, 5.74) is 12.5. The first-order chi connectivity index (χ1) is 25.6. The van der Waals surface area contributed by atoms with Crippen molar-refractivity contribution < 1.29 is 0 Å². The van der Waals surface area contributed by atoms with Crippen molar-refractivity contribution in [3.05, 3.63) is 170 Å². The molecule has 2 heteroatoms. The Bertz CT molecular complexity index is 3240. The molecule has 0 saturated carbocycles. The Balaban J connectivity index is 1.12. The highest BCUT2D eigenvalue weighted by atomic mass is 15.0. The van der Waals surface area contributed by atoms with E-state index in [0.717, 1.165) is 0 Å². The summed E-state index contributed by atoms with van der Waals surface area (Å²) in [6.07, 6.45) is 0. The number of aryl methyl sites for hydroxylation is 2. The molecule has 2 aromatic heterocycles. The van der Waals surface area contributed by atoms with Gasteiger partial charge in [-0.15, -0.1) is 0 Å². The molecule has 0 aliphatic heterocycles. The van der Waals surface area contributed by atoms with Crippen LogP contribution in [-0.4, -0.2) is 9.13 Å². The molecule has 244 valence electrons. The zero-order chi connectivity index (χ0) is 34.5. The van der Waals surface area contributed by atoms with Gasteiger partial charge in [0.2, 0.25) is 0 Å². The van der Waals surface area contributed by atoms with Crippen LogP contribution in [0.2, 0.25) is 0 Å². The maximum absolute atomic E-state index is 2.43. The van der Waals surface area contributed by atoms with Crippen molar-refractivity contribution in [2.45, 2.75) is 0 Å². The van der Waals surface area contributed by atoms with Gasteiger partial charge in [-0.3, -0.25) is 0 Å². The smallest absolute Gasteiger partial charge is 0.0742 e. The van der Waals surface area contributed by atoms with E-state index >= 15 is 0 Å². The number of aromatic nitrogens is 2. The second-order valence-corrected chi connectivity index (χ2v) is 14.2. The van der Waals surface area contributed by atoms with Crippen LogP contribution in [0.15, 0.2) is 170 Å². The Morgan fingerprint density at radius 1 is 0.308 bits per heavy atom. The number of hydrogen-bond donors (Lipinski definition) is 0. The summed E-state index contributed by atoms with van der Waals surface area (Å²) in [5, 5.41) is 12.9. The Hall–Kier alpha value is -6.64. The summed E-state index contributed by atoms with van der Waals surface area (Å²) in [6, 6.07) is 62.6. The molecule has 0 radical (unpaired) electrons. The maximum Gasteiger partial charge on any atom is 0.0742 e. The number of fused-ring (bicyclic) bond motifs is 12. The van der Waals surface area contributed by atoms with Crippen LogP contribution >= 0.6 is 0 Å². The Kier molecular flexibility index (Phi) is 6.12. The third kappa shape index (κ3) is 4.06. The normalized spacial score (nSPS) is 12.0. The van der Waals surface area contributed by atoms with Gasteiger partial charge < -0.3 is 9.13 Å². The van der Waals surface area contributed by atoms with Gasteiger partial charge in [0.25, 0.3) is 0 Å². The number of rotatable bonds is 3. The highest BCUT2D eigenvalue weighted by molar-refractivity contribution is 6.36. The summed E-state index contributed by atoms with van der Waals surface area (Å²) in [5.74, 6) is 0. The summed E-state index contributed by atoms with van der Waals surface area (Å²) < 4.78 is 4.86. The van der Waals surface area contributed by atoms with Gasteiger partial charge >= 0.3 is 0 Å². The van der Waals surface area contributed by atoms with Crippen LogP contribution < -0.4 is 0 Å². The van der Waals surface area contributed by atoms with Crippen molar-refractivity contribution in [2.75, 3.05) is 0 Å². The van der Waals surface area contributed by atoms with Gasteiger partial charge in [-0.05, 0) is 77.8 Å². The van der Waals surface area contributed by atoms with Gasteiger partial charge in [-0.1, -0.05) is 158 Å². The number of hydrogen-bond acceptors (Lipinski definition) is 0. The molecular formula is C50H34N2. The van der Waals surface area contributed by atoms with Crippen LogP contribution in [0.1, 0.15) is 0 Å². The van der Waals surface area contributed by atoms with Crippen LogP contribution in [0.3, 0.4) is 0 Å². The van der Waals surface area contributed by atoms with Crippen molar-refractivity contribution in [1.82, 2.24) is 9.13 Å². The standard InChI is InChI=1S/C50H34N2/c1-51-45-29-35(31-21-23-34(24-22-31)39-19-9-13-32-11-3-5-15-37(32)39)25-27-43(45)47-41-17-7-8-18-42(41)48-44-28-26-36(30-46(44)52(2)50(48)49(47)51)40-20-10-14-33-12-4-6-16-38(33)40/h3-30H,1-2H3. The lowest BCUT2D eigenvalue weighted by molar-refractivity contribution is 0.987. The molecule has 0 amide bonds. The molecule has 0 aliphatic rings. The SMILES string of the molecule is Cn1c2cc(-c3ccc(-c4cccc5ccccc45)cc3)ccc2c2c3ccccc3c3c4ccc(-c5cccc6ccccc56)cc4n(C)c3c21. The average molecular weight is 663 g/mol. The lowest BCUT2D eigenvalue weighted by Gasteiger charge is -2.09. The van der Waals surface area contributed by atoms with Gasteiger partial charge in [0.15, 0.2) is 0 Å². The first kappa shape index (κ1) is 29.1. The quantitative estimate of drug-likeness (QED) is 0.178. The minimum atomic E-state index is 1.22. The van der Waals surface area contributed by atoms with Gasteiger partial charge in [-0.2, -0.15) is 0 Å². The lowest BCUT2D eigenvalue weighted by Crippen LogP contribution is -1.93. The summed E-state index contributed by atoms with van der Waals surface area (Å²) in [6.45, 7) is 0. The van der Waals surface area contributed by atoms with E-state index in [1.54, 1.807) is 0 Å². The Morgan fingerprint density at radius 2 is 0.712 bits per heavy atom. The van der Waals surface area contributed by atoms with Crippen molar-refractivity contribution in [3.8, 4) is 33.4 Å². The molecule has 9 aromatic carbocycles. The molecule has 0 bridgehead atoms. The molecule has 2 nitrogen and oxygen atoms in total. The van der Waals surface area contributed by atoms with Gasteiger partial charge in [0.1, 0.15) is 0 Å². The van der Waals surface area contributed by atoms with Gasteiger partial charge in [0.05, 0.1) is 11.0 Å². The number of benzene rings is 9. The molecule has 0 aliphatic carbocycles. The summed E-state index contributed by atoms with van der Waals surface area (Å²) >= 11 is 0. The van der Waals surface area contributed by atoms with Crippen LogP contribution in [0.4, 0.5) is 0 Å². The molecule has 0 saturated heterocycles. The van der Waals surface area contributed by atoms with E-state index in [2.05, 4.69) is 193 Å². The van der Waals surface area contributed by atoms with Crippen LogP contribution in [0, 0.1) is 0 Å². The third-order valence-corrected chi connectivity index (χ3v) is 11.5. The second kappa shape index (κ2) is 10.9. The highest BCUT2D eigenvalue weighted by Crippen LogP contribution is 2.45. The summed E-state index contributed by atoms with van der Waals surface area (Å²) in [7, 11) is 4.48. The molecule has 0 N–H and O–H groups in total. The van der Waals surface area contributed by atoms with Crippen LogP contribution in [0.25, 0.3) is 109 Å². The van der Waals surface area contributed by atoms with Crippen molar-refractivity contribution in [3.63, 3.8) is 0 Å². The predicted molar refractivity (Wildman–Crippen MR) is 223 cm³/mol. The van der Waals surface area contributed by atoms with Crippen molar-refractivity contribution in [1.29, 1.82) is 0 Å². The fourth-order valence-corrected chi connectivity index (χ4v) is 9.04. The van der Waals surface area contributed by atoms with Gasteiger partial charge in [0, 0.05) is 46.7 Å². The van der Waals surface area contributed by atoms with Crippen LogP contribution in [-0.2, 0) is 14.1 Å². The van der Waals surface area contributed by atoms with Crippen molar-refractivity contribution >= 4 is 75.9 Å². The molecule has 0 spiro atoms.